The van der Waals surface area contributed by atoms with Crippen LogP contribution >= 0.6 is 0 Å². The van der Waals surface area contributed by atoms with E-state index < -0.39 is 5.54 Å². The Bertz CT molecular complexity index is 784. The second-order valence-corrected chi connectivity index (χ2v) is 7.32. The molecular formula is C21H25F2N3O. The van der Waals surface area contributed by atoms with Crippen LogP contribution in [-0.2, 0) is 11.3 Å². The lowest BCUT2D eigenvalue weighted by atomic mass is 9.85. The summed E-state index contributed by atoms with van der Waals surface area (Å²) in [6.45, 7) is 2.16. The van der Waals surface area contributed by atoms with Crippen molar-refractivity contribution in [1.82, 2.24) is 9.80 Å². The molecule has 4 nitrogen and oxygen atoms in total. The number of likely N-dealkylation sites (N-methyl/N-ethyl adjacent to an activating group) is 1. The topological polar surface area (TPSA) is 35.6 Å². The number of anilines is 1. The van der Waals surface area contributed by atoms with Crippen LogP contribution in [0.3, 0.4) is 0 Å². The lowest BCUT2D eigenvalue weighted by Gasteiger charge is -2.43. The number of likely N-dealkylation sites (tertiary alicyclic amines) is 1. The number of carbonyl (C=O) groups excluding carboxylic acids is 1. The average Bonchev–Trinajstić information content (AvgIpc) is 2.64. The number of benzene rings is 2. The molecule has 6 heteroatoms. The Morgan fingerprint density at radius 3 is 2.33 bits per heavy atom. The van der Waals surface area contributed by atoms with Gasteiger partial charge < -0.3 is 10.2 Å². The fraction of sp³-hybridized carbons (Fsp3) is 0.381. The highest BCUT2D eigenvalue weighted by molar-refractivity contribution is 5.89. The summed E-state index contributed by atoms with van der Waals surface area (Å²) in [5, 5.41) is 3.30. The molecule has 1 aliphatic rings. The maximum absolute atomic E-state index is 13.6. The maximum atomic E-state index is 13.6. The molecule has 144 valence electrons. The fourth-order valence-corrected chi connectivity index (χ4v) is 3.60. The van der Waals surface area contributed by atoms with Crippen molar-refractivity contribution in [3.8, 4) is 0 Å². The van der Waals surface area contributed by atoms with Crippen molar-refractivity contribution in [2.75, 3.05) is 32.5 Å². The minimum atomic E-state index is -0.753. The molecule has 0 saturated carbocycles. The number of nitrogens with zero attached hydrogens (tertiary/aromatic N) is 2. The molecule has 0 unspecified atom stereocenters. The Morgan fingerprint density at radius 1 is 1.07 bits per heavy atom. The fourth-order valence-electron chi connectivity index (χ4n) is 3.60. The quantitative estimate of drug-likeness (QED) is 0.871. The third-order valence-electron chi connectivity index (χ3n) is 5.05. The summed E-state index contributed by atoms with van der Waals surface area (Å²) in [7, 11) is 3.48. The van der Waals surface area contributed by atoms with Crippen molar-refractivity contribution in [2.24, 2.45) is 0 Å². The number of halogens is 2. The van der Waals surface area contributed by atoms with Crippen molar-refractivity contribution in [3.05, 3.63) is 65.7 Å². The smallest absolute Gasteiger partial charge is 0.247 e. The van der Waals surface area contributed by atoms with E-state index in [0.717, 1.165) is 18.7 Å². The SMILES string of the molecule is CN(C)C(=O)C1(Nc2cccc(F)c2)CCN(Cc2ccc(F)cc2)CC1. The zero-order chi connectivity index (χ0) is 19.4. The molecule has 1 N–H and O–H groups in total. The zero-order valence-electron chi connectivity index (χ0n) is 15.7. The monoisotopic (exact) mass is 373 g/mol. The molecular weight excluding hydrogens is 348 g/mol. The number of hydrogen-bond acceptors (Lipinski definition) is 3. The van der Waals surface area contributed by atoms with E-state index in [1.165, 1.54) is 24.3 Å². The molecule has 0 spiro atoms. The molecule has 2 aromatic carbocycles. The van der Waals surface area contributed by atoms with E-state index in [0.29, 0.717) is 25.1 Å². The Hall–Kier alpha value is -2.47. The first-order valence-corrected chi connectivity index (χ1v) is 9.10. The van der Waals surface area contributed by atoms with E-state index in [-0.39, 0.29) is 17.5 Å². The molecule has 27 heavy (non-hydrogen) atoms. The molecule has 1 aliphatic heterocycles. The van der Waals surface area contributed by atoms with Crippen molar-refractivity contribution >= 4 is 11.6 Å². The maximum Gasteiger partial charge on any atom is 0.247 e. The van der Waals surface area contributed by atoms with Gasteiger partial charge in [-0.05, 0) is 48.7 Å². The lowest BCUT2D eigenvalue weighted by Crippen LogP contribution is -2.57. The van der Waals surface area contributed by atoms with Crippen LogP contribution < -0.4 is 5.32 Å². The van der Waals surface area contributed by atoms with Crippen LogP contribution in [-0.4, -0.2) is 48.4 Å². The van der Waals surface area contributed by atoms with Gasteiger partial charge in [-0.1, -0.05) is 18.2 Å². The van der Waals surface area contributed by atoms with Crippen LogP contribution in [0.15, 0.2) is 48.5 Å². The minimum absolute atomic E-state index is 0.00630. The normalized spacial score (nSPS) is 16.7. The van der Waals surface area contributed by atoms with Crippen LogP contribution in [0.25, 0.3) is 0 Å². The molecule has 1 fully saturated rings. The summed E-state index contributed by atoms with van der Waals surface area (Å²) in [5.74, 6) is -0.582. The molecule has 2 aromatic rings. The predicted octanol–water partition coefficient (Wildman–Crippen LogP) is 3.50. The molecule has 1 amide bonds. The molecule has 1 heterocycles. The Morgan fingerprint density at radius 2 is 1.74 bits per heavy atom. The van der Waals surface area contributed by atoms with E-state index >= 15 is 0 Å². The number of carbonyl (C=O) groups is 1. The number of nitrogens with one attached hydrogen (secondary N) is 1. The zero-order valence-corrected chi connectivity index (χ0v) is 15.7. The first kappa shape index (κ1) is 19.3. The third-order valence-corrected chi connectivity index (χ3v) is 5.05. The van der Waals surface area contributed by atoms with Crippen molar-refractivity contribution < 1.29 is 13.6 Å². The highest BCUT2D eigenvalue weighted by Gasteiger charge is 2.42. The second-order valence-electron chi connectivity index (χ2n) is 7.32. The molecule has 1 saturated heterocycles. The van der Waals surface area contributed by atoms with Gasteiger partial charge in [-0.2, -0.15) is 0 Å². The van der Waals surface area contributed by atoms with Gasteiger partial charge in [0.15, 0.2) is 0 Å². The van der Waals surface area contributed by atoms with Gasteiger partial charge >= 0.3 is 0 Å². The van der Waals surface area contributed by atoms with Gasteiger partial charge in [-0.15, -0.1) is 0 Å². The minimum Gasteiger partial charge on any atom is -0.371 e. The van der Waals surface area contributed by atoms with Gasteiger partial charge in [0.25, 0.3) is 0 Å². The van der Waals surface area contributed by atoms with Crippen LogP contribution in [0.2, 0.25) is 0 Å². The van der Waals surface area contributed by atoms with Crippen LogP contribution in [0.4, 0.5) is 14.5 Å². The average molecular weight is 373 g/mol. The second kappa shape index (κ2) is 8.05. The highest BCUT2D eigenvalue weighted by Crippen LogP contribution is 2.30. The Labute approximate surface area is 158 Å². The van der Waals surface area contributed by atoms with Crippen molar-refractivity contribution in [1.29, 1.82) is 0 Å². The summed E-state index contributed by atoms with van der Waals surface area (Å²) in [6, 6.07) is 12.7. The lowest BCUT2D eigenvalue weighted by molar-refractivity contribution is -0.135. The van der Waals surface area contributed by atoms with Gasteiger partial charge in [0.1, 0.15) is 17.2 Å². The summed E-state index contributed by atoms with van der Waals surface area (Å²) in [5.41, 5.74) is 0.898. The Kier molecular flexibility index (Phi) is 5.75. The van der Waals surface area contributed by atoms with Crippen LogP contribution in [0, 0.1) is 11.6 Å². The van der Waals surface area contributed by atoms with E-state index in [4.69, 9.17) is 0 Å². The first-order chi connectivity index (χ1) is 12.9. The van der Waals surface area contributed by atoms with Gasteiger partial charge in [0.05, 0.1) is 0 Å². The van der Waals surface area contributed by atoms with Gasteiger partial charge in [-0.3, -0.25) is 9.69 Å². The number of hydrogen-bond donors (Lipinski definition) is 1. The van der Waals surface area contributed by atoms with Crippen LogP contribution in [0.1, 0.15) is 18.4 Å². The summed E-state index contributed by atoms with van der Waals surface area (Å²) < 4.78 is 26.6. The highest BCUT2D eigenvalue weighted by atomic mass is 19.1. The molecule has 0 bridgehead atoms. The number of rotatable bonds is 5. The summed E-state index contributed by atoms with van der Waals surface area (Å²) in [6.07, 6.45) is 1.23. The van der Waals surface area contributed by atoms with Gasteiger partial charge in [0.2, 0.25) is 5.91 Å². The standard InChI is InChI=1S/C21H25F2N3O/c1-25(2)20(27)21(24-19-5-3-4-18(23)14-19)10-12-26(13-11-21)15-16-6-8-17(22)9-7-16/h3-9,14,24H,10-13,15H2,1-2H3. The van der Waals surface area contributed by atoms with E-state index in [9.17, 15) is 13.6 Å². The van der Waals surface area contributed by atoms with Crippen molar-refractivity contribution in [3.63, 3.8) is 0 Å². The number of piperidine rings is 1. The Balaban J connectivity index is 1.72. The number of amides is 1. The molecule has 0 radical (unpaired) electrons. The summed E-state index contributed by atoms with van der Waals surface area (Å²) >= 11 is 0. The predicted molar refractivity (Wildman–Crippen MR) is 102 cm³/mol. The largest absolute Gasteiger partial charge is 0.371 e. The van der Waals surface area contributed by atoms with E-state index in [1.54, 1.807) is 43.3 Å². The van der Waals surface area contributed by atoms with Crippen molar-refractivity contribution in [2.45, 2.75) is 24.9 Å². The van der Waals surface area contributed by atoms with E-state index in [2.05, 4.69) is 10.2 Å². The first-order valence-electron chi connectivity index (χ1n) is 9.10. The third kappa shape index (κ3) is 4.63. The summed E-state index contributed by atoms with van der Waals surface area (Å²) in [4.78, 5) is 16.8. The molecule has 0 aromatic heterocycles. The van der Waals surface area contributed by atoms with E-state index in [1.807, 2.05) is 0 Å². The molecule has 0 aliphatic carbocycles. The molecule has 3 rings (SSSR count). The van der Waals surface area contributed by atoms with Gasteiger partial charge in [0, 0.05) is 39.4 Å². The van der Waals surface area contributed by atoms with Gasteiger partial charge in [-0.25, -0.2) is 8.78 Å². The molecule has 0 atom stereocenters. The van der Waals surface area contributed by atoms with Crippen LogP contribution in [0.5, 0.6) is 0 Å².